The molecule has 1 saturated heterocycles. The third kappa shape index (κ3) is 0.818. The Morgan fingerprint density at radius 2 is 2.36 bits per heavy atom. The molecule has 1 saturated carbocycles. The van der Waals surface area contributed by atoms with Crippen LogP contribution in [0.3, 0.4) is 0 Å². The molecule has 1 N–H and O–H groups in total. The quantitative estimate of drug-likeness (QED) is 0.549. The van der Waals surface area contributed by atoms with Crippen LogP contribution in [0.25, 0.3) is 0 Å². The smallest absolute Gasteiger partial charge is 0.351 e. The number of carboxylic acid groups (broad SMARTS) is 1. The maximum Gasteiger partial charge on any atom is 0.351 e. The van der Waals surface area contributed by atoms with E-state index in [2.05, 4.69) is 0 Å². The van der Waals surface area contributed by atoms with E-state index in [-0.39, 0.29) is 11.9 Å². The van der Waals surface area contributed by atoms with E-state index in [1.807, 2.05) is 0 Å². The number of rotatable bonds is 1. The van der Waals surface area contributed by atoms with Gasteiger partial charge in [0.2, 0.25) is 5.60 Å². The first-order chi connectivity index (χ1) is 5.14. The molecule has 0 amide bonds. The highest BCUT2D eigenvalue weighted by molar-refractivity contribution is 5.94. The highest BCUT2D eigenvalue weighted by Gasteiger charge is 2.62. The average molecular weight is 156 g/mol. The fourth-order valence-corrected chi connectivity index (χ4v) is 1.65. The van der Waals surface area contributed by atoms with Crippen LogP contribution in [0.15, 0.2) is 0 Å². The minimum Gasteiger partial charge on any atom is -0.481 e. The third-order valence-corrected chi connectivity index (χ3v) is 2.44. The fourth-order valence-electron chi connectivity index (χ4n) is 1.65. The van der Waals surface area contributed by atoms with E-state index >= 15 is 0 Å². The van der Waals surface area contributed by atoms with Gasteiger partial charge in [-0.25, -0.2) is 4.79 Å². The summed E-state index contributed by atoms with van der Waals surface area (Å²) in [6, 6.07) is 0. The summed E-state index contributed by atoms with van der Waals surface area (Å²) in [5, 5.41) is 8.59. The number of hydrogen-bond acceptors (Lipinski definition) is 3. The van der Waals surface area contributed by atoms with Gasteiger partial charge in [-0.3, -0.25) is 4.79 Å². The highest BCUT2D eigenvalue weighted by Crippen LogP contribution is 2.47. The Morgan fingerprint density at radius 3 is 2.64 bits per heavy atom. The van der Waals surface area contributed by atoms with E-state index in [1.54, 1.807) is 0 Å². The lowest BCUT2D eigenvalue weighted by molar-refractivity contribution is -0.141. The first kappa shape index (κ1) is 6.64. The SMILES string of the molecule is O=C(O)[C@@H]1CC[C@@]2(C1)OC2=O. The number of carbonyl (C=O) groups excluding carboxylic acids is 1. The summed E-state index contributed by atoms with van der Waals surface area (Å²) in [6.07, 6.45) is 1.53. The summed E-state index contributed by atoms with van der Waals surface area (Å²) >= 11 is 0. The second-order valence-electron chi connectivity index (χ2n) is 3.16. The van der Waals surface area contributed by atoms with E-state index in [0.29, 0.717) is 19.3 Å². The first-order valence-corrected chi connectivity index (χ1v) is 3.60. The van der Waals surface area contributed by atoms with Crippen LogP contribution in [0.5, 0.6) is 0 Å². The minimum atomic E-state index is -0.815. The van der Waals surface area contributed by atoms with Crippen LogP contribution in [-0.2, 0) is 14.3 Å². The Hall–Kier alpha value is -1.06. The van der Waals surface area contributed by atoms with E-state index in [0.717, 1.165) is 0 Å². The van der Waals surface area contributed by atoms with E-state index < -0.39 is 11.6 Å². The monoisotopic (exact) mass is 156 g/mol. The molecule has 0 aromatic heterocycles. The first-order valence-electron chi connectivity index (χ1n) is 3.60. The Labute approximate surface area is 63.1 Å². The van der Waals surface area contributed by atoms with Crippen molar-refractivity contribution in [2.75, 3.05) is 0 Å². The molecule has 1 aliphatic heterocycles. The molecule has 2 aliphatic rings. The van der Waals surface area contributed by atoms with Crippen LogP contribution in [0.2, 0.25) is 0 Å². The summed E-state index contributed by atoms with van der Waals surface area (Å²) < 4.78 is 4.74. The zero-order chi connectivity index (χ0) is 8.06. The number of hydrogen-bond donors (Lipinski definition) is 1. The number of epoxide rings is 1. The maximum absolute atomic E-state index is 10.7. The zero-order valence-corrected chi connectivity index (χ0v) is 5.87. The molecule has 0 aromatic rings. The van der Waals surface area contributed by atoms with Crippen LogP contribution in [0.1, 0.15) is 19.3 Å². The van der Waals surface area contributed by atoms with Crippen molar-refractivity contribution < 1.29 is 19.4 Å². The molecule has 2 fully saturated rings. The van der Waals surface area contributed by atoms with Crippen molar-refractivity contribution in [2.45, 2.75) is 24.9 Å². The Bertz CT molecular complexity index is 235. The molecular weight excluding hydrogens is 148 g/mol. The minimum absolute atomic E-state index is 0.221. The average Bonchev–Trinajstić information content (AvgIpc) is 2.44. The van der Waals surface area contributed by atoms with Gasteiger partial charge in [0.1, 0.15) is 0 Å². The van der Waals surface area contributed by atoms with Crippen LogP contribution in [-0.4, -0.2) is 22.6 Å². The van der Waals surface area contributed by atoms with Gasteiger partial charge < -0.3 is 9.84 Å². The molecule has 11 heavy (non-hydrogen) atoms. The molecule has 0 aromatic carbocycles. The van der Waals surface area contributed by atoms with Gasteiger partial charge in [0, 0.05) is 6.42 Å². The van der Waals surface area contributed by atoms with E-state index in [1.165, 1.54) is 0 Å². The van der Waals surface area contributed by atoms with Gasteiger partial charge in [-0.1, -0.05) is 0 Å². The second-order valence-corrected chi connectivity index (χ2v) is 3.16. The fraction of sp³-hybridized carbons (Fsp3) is 0.714. The van der Waals surface area contributed by atoms with Gasteiger partial charge >= 0.3 is 11.9 Å². The van der Waals surface area contributed by atoms with Gasteiger partial charge in [0.05, 0.1) is 5.92 Å². The molecule has 1 heterocycles. The lowest BCUT2D eigenvalue weighted by atomic mass is 10.1. The predicted octanol–water partition coefficient (Wildman–Crippen LogP) is 0.167. The molecule has 0 radical (unpaired) electrons. The molecule has 4 nitrogen and oxygen atoms in total. The summed E-state index contributed by atoms with van der Waals surface area (Å²) in [6.45, 7) is 0. The molecule has 60 valence electrons. The Balaban J connectivity index is 2.05. The number of ether oxygens (including phenoxy) is 1. The molecule has 2 rings (SSSR count). The topological polar surface area (TPSA) is 66.9 Å². The van der Waals surface area contributed by atoms with Crippen LogP contribution in [0.4, 0.5) is 0 Å². The van der Waals surface area contributed by atoms with Crippen LogP contribution < -0.4 is 0 Å². The number of carboxylic acids is 1. The molecule has 0 bridgehead atoms. The van der Waals surface area contributed by atoms with E-state index in [4.69, 9.17) is 9.84 Å². The summed E-state index contributed by atoms with van der Waals surface area (Å²) in [5.41, 5.74) is -0.664. The van der Waals surface area contributed by atoms with Gasteiger partial charge in [-0.2, -0.15) is 0 Å². The Morgan fingerprint density at radius 1 is 1.73 bits per heavy atom. The predicted molar refractivity (Wildman–Crippen MR) is 33.8 cm³/mol. The Kier molecular flexibility index (Phi) is 1.06. The highest BCUT2D eigenvalue weighted by atomic mass is 16.7. The molecule has 1 aliphatic carbocycles. The lowest BCUT2D eigenvalue weighted by Crippen LogP contribution is -2.13. The summed E-state index contributed by atoms with van der Waals surface area (Å²) in [7, 11) is 0. The maximum atomic E-state index is 10.7. The van der Waals surface area contributed by atoms with Crippen molar-refractivity contribution in [1.29, 1.82) is 0 Å². The van der Waals surface area contributed by atoms with Gasteiger partial charge in [0.25, 0.3) is 0 Å². The van der Waals surface area contributed by atoms with Gasteiger partial charge in [0.15, 0.2) is 0 Å². The van der Waals surface area contributed by atoms with Crippen molar-refractivity contribution in [1.82, 2.24) is 0 Å². The molecular formula is C7H8O4. The van der Waals surface area contributed by atoms with Gasteiger partial charge in [-0.05, 0) is 12.8 Å². The summed E-state index contributed by atoms with van der Waals surface area (Å²) in [4.78, 5) is 21.1. The lowest BCUT2D eigenvalue weighted by Gasteiger charge is -1.98. The number of carbonyl (C=O) groups is 2. The van der Waals surface area contributed by atoms with E-state index in [9.17, 15) is 9.59 Å². The van der Waals surface area contributed by atoms with Crippen molar-refractivity contribution in [3.05, 3.63) is 0 Å². The van der Waals surface area contributed by atoms with Crippen molar-refractivity contribution in [3.8, 4) is 0 Å². The largest absolute Gasteiger partial charge is 0.481 e. The second kappa shape index (κ2) is 1.75. The normalized spacial score (nSPS) is 40.7. The van der Waals surface area contributed by atoms with Crippen LogP contribution in [0, 0.1) is 5.92 Å². The van der Waals surface area contributed by atoms with Crippen LogP contribution >= 0.6 is 0 Å². The van der Waals surface area contributed by atoms with Crippen molar-refractivity contribution >= 4 is 11.9 Å². The molecule has 1 spiro atoms. The van der Waals surface area contributed by atoms with Crippen molar-refractivity contribution in [2.24, 2.45) is 5.92 Å². The standard InChI is InChI=1S/C7H8O4/c8-5(9)4-1-2-7(3-4)6(10)11-7/h4H,1-3H2,(H,8,9)/t4-,7+/m1/s1. The van der Waals surface area contributed by atoms with Crippen molar-refractivity contribution in [3.63, 3.8) is 0 Å². The zero-order valence-electron chi connectivity index (χ0n) is 5.87. The number of aliphatic carboxylic acids is 1. The van der Waals surface area contributed by atoms with Gasteiger partial charge in [-0.15, -0.1) is 0 Å². The molecule has 0 unspecified atom stereocenters. The molecule has 2 atom stereocenters. The summed E-state index contributed by atoms with van der Waals surface area (Å²) in [5.74, 6) is -1.41. The third-order valence-electron chi connectivity index (χ3n) is 2.44. The molecule has 4 heteroatoms.